The minimum atomic E-state index is -3.70. The van der Waals surface area contributed by atoms with Gasteiger partial charge in [-0.15, -0.1) is 0 Å². The molecule has 1 saturated carbocycles. The van der Waals surface area contributed by atoms with E-state index in [1.165, 1.54) is 13.8 Å². The number of halogens is 4. The maximum atomic E-state index is 12.9. The van der Waals surface area contributed by atoms with Crippen LogP contribution in [0.3, 0.4) is 0 Å². The van der Waals surface area contributed by atoms with Crippen LogP contribution in [-0.4, -0.2) is 11.1 Å². The van der Waals surface area contributed by atoms with Gasteiger partial charge in [-0.05, 0) is 11.6 Å². The molecule has 0 nitrogen and oxygen atoms in total. The van der Waals surface area contributed by atoms with Crippen molar-refractivity contribution in [3.05, 3.63) is 0 Å². The Bertz CT molecular complexity index is 144. The SMILES string of the molecule is C[C@@H]1[C@@H](C)C1(F)C(F)(F)Cl. The van der Waals surface area contributed by atoms with Crippen LogP contribution in [-0.2, 0) is 0 Å². The second-order valence-electron chi connectivity index (χ2n) is 2.84. The summed E-state index contributed by atoms with van der Waals surface area (Å²) in [6, 6.07) is 0. The number of hydrogen-bond donors (Lipinski definition) is 0. The van der Waals surface area contributed by atoms with Crippen molar-refractivity contribution in [3.8, 4) is 0 Å². The first-order valence-electron chi connectivity index (χ1n) is 3.07. The highest BCUT2D eigenvalue weighted by Crippen LogP contribution is 2.62. The van der Waals surface area contributed by atoms with Crippen molar-refractivity contribution >= 4 is 11.6 Å². The first-order chi connectivity index (χ1) is 4.32. The lowest BCUT2D eigenvalue weighted by molar-refractivity contribution is -0.0237. The lowest BCUT2D eigenvalue weighted by Gasteiger charge is -2.12. The van der Waals surface area contributed by atoms with E-state index in [0.717, 1.165) is 0 Å². The normalized spacial score (nSPS) is 47.4. The van der Waals surface area contributed by atoms with E-state index in [9.17, 15) is 13.2 Å². The summed E-state index contributed by atoms with van der Waals surface area (Å²) in [5.41, 5.74) is -2.46. The quantitative estimate of drug-likeness (QED) is 0.534. The summed E-state index contributed by atoms with van der Waals surface area (Å²) in [7, 11) is 0. The van der Waals surface area contributed by atoms with Gasteiger partial charge < -0.3 is 0 Å². The molecule has 2 atom stereocenters. The molecule has 0 bridgehead atoms. The summed E-state index contributed by atoms with van der Waals surface area (Å²) in [4.78, 5) is 0. The fraction of sp³-hybridized carbons (Fsp3) is 1.00. The Kier molecular flexibility index (Phi) is 1.48. The Morgan fingerprint density at radius 2 is 1.60 bits per heavy atom. The van der Waals surface area contributed by atoms with Gasteiger partial charge in [0.15, 0.2) is 5.67 Å². The zero-order valence-corrected chi connectivity index (χ0v) is 6.42. The maximum Gasteiger partial charge on any atom is 0.355 e. The van der Waals surface area contributed by atoms with Gasteiger partial charge in [0.25, 0.3) is 0 Å². The van der Waals surface area contributed by atoms with Crippen LogP contribution in [0.25, 0.3) is 0 Å². The summed E-state index contributed by atoms with van der Waals surface area (Å²) in [6.07, 6.45) is 0. The molecular formula is C6H8ClF3. The highest BCUT2D eigenvalue weighted by atomic mass is 35.5. The summed E-state index contributed by atoms with van der Waals surface area (Å²) in [5, 5.41) is -3.70. The molecule has 0 spiro atoms. The third-order valence-electron chi connectivity index (χ3n) is 2.40. The Labute approximate surface area is 62.4 Å². The van der Waals surface area contributed by atoms with Gasteiger partial charge in [-0.2, -0.15) is 8.78 Å². The summed E-state index contributed by atoms with van der Waals surface area (Å²) >= 11 is 4.55. The Morgan fingerprint density at radius 1 is 1.30 bits per heavy atom. The molecule has 10 heavy (non-hydrogen) atoms. The van der Waals surface area contributed by atoms with Crippen LogP contribution in [0.15, 0.2) is 0 Å². The molecule has 0 N–H and O–H groups in total. The fourth-order valence-corrected chi connectivity index (χ4v) is 1.59. The van der Waals surface area contributed by atoms with Crippen molar-refractivity contribution in [2.75, 3.05) is 0 Å². The van der Waals surface area contributed by atoms with Crippen molar-refractivity contribution in [2.24, 2.45) is 11.8 Å². The molecule has 1 aliphatic rings. The van der Waals surface area contributed by atoms with Crippen LogP contribution < -0.4 is 0 Å². The van der Waals surface area contributed by atoms with E-state index in [4.69, 9.17) is 0 Å². The zero-order chi connectivity index (χ0) is 8.15. The smallest absolute Gasteiger partial charge is 0.235 e. The van der Waals surface area contributed by atoms with Crippen LogP contribution in [0.4, 0.5) is 13.2 Å². The van der Waals surface area contributed by atoms with Gasteiger partial charge >= 0.3 is 5.38 Å². The van der Waals surface area contributed by atoms with E-state index in [-0.39, 0.29) is 0 Å². The number of alkyl halides is 4. The molecule has 0 radical (unpaired) electrons. The van der Waals surface area contributed by atoms with Gasteiger partial charge in [0.05, 0.1) is 0 Å². The second kappa shape index (κ2) is 1.81. The molecule has 0 heterocycles. The van der Waals surface area contributed by atoms with Crippen molar-refractivity contribution in [1.82, 2.24) is 0 Å². The molecular weight excluding hydrogens is 165 g/mol. The fourth-order valence-electron chi connectivity index (χ4n) is 1.24. The second-order valence-corrected chi connectivity index (χ2v) is 3.32. The minimum absolute atomic E-state index is 0.625. The van der Waals surface area contributed by atoms with Crippen LogP contribution in [0.1, 0.15) is 13.8 Å². The van der Waals surface area contributed by atoms with Crippen molar-refractivity contribution in [2.45, 2.75) is 24.9 Å². The summed E-state index contributed by atoms with van der Waals surface area (Å²) < 4.78 is 37.3. The van der Waals surface area contributed by atoms with E-state index in [0.29, 0.717) is 0 Å². The average molecular weight is 173 g/mol. The van der Waals surface area contributed by atoms with Crippen LogP contribution >= 0.6 is 11.6 Å². The Balaban J connectivity index is 2.75. The predicted octanol–water partition coefficient (Wildman–Crippen LogP) is 2.81. The molecule has 60 valence electrons. The first-order valence-corrected chi connectivity index (χ1v) is 3.45. The van der Waals surface area contributed by atoms with Gasteiger partial charge in [-0.1, -0.05) is 13.8 Å². The van der Waals surface area contributed by atoms with Crippen molar-refractivity contribution in [3.63, 3.8) is 0 Å². The molecule has 1 fully saturated rings. The van der Waals surface area contributed by atoms with Gasteiger partial charge in [0.1, 0.15) is 0 Å². The van der Waals surface area contributed by atoms with E-state index in [2.05, 4.69) is 11.6 Å². The molecule has 0 amide bonds. The topological polar surface area (TPSA) is 0 Å². The molecule has 0 aliphatic heterocycles. The van der Waals surface area contributed by atoms with E-state index in [1.807, 2.05) is 0 Å². The van der Waals surface area contributed by atoms with Gasteiger partial charge in [0, 0.05) is 11.8 Å². The number of hydrogen-bond acceptors (Lipinski definition) is 0. The molecule has 0 aromatic rings. The summed E-state index contributed by atoms with van der Waals surface area (Å²) in [5.74, 6) is -1.25. The summed E-state index contributed by atoms with van der Waals surface area (Å²) in [6.45, 7) is 2.86. The highest BCUT2D eigenvalue weighted by molar-refractivity contribution is 6.22. The lowest BCUT2D eigenvalue weighted by Crippen LogP contribution is -2.28. The molecule has 0 unspecified atom stereocenters. The lowest BCUT2D eigenvalue weighted by atomic mass is 10.3. The number of rotatable bonds is 1. The molecule has 1 rings (SSSR count). The zero-order valence-electron chi connectivity index (χ0n) is 5.67. The van der Waals surface area contributed by atoms with Crippen LogP contribution in [0, 0.1) is 11.8 Å². The molecule has 4 heteroatoms. The third-order valence-corrected chi connectivity index (χ3v) is 2.69. The van der Waals surface area contributed by atoms with Gasteiger partial charge in [-0.3, -0.25) is 0 Å². The molecule has 0 saturated heterocycles. The molecule has 1 aliphatic carbocycles. The largest absolute Gasteiger partial charge is 0.355 e. The van der Waals surface area contributed by atoms with Crippen molar-refractivity contribution in [1.29, 1.82) is 0 Å². The Hall–Kier alpha value is 0.0800. The van der Waals surface area contributed by atoms with Gasteiger partial charge in [-0.25, -0.2) is 4.39 Å². The van der Waals surface area contributed by atoms with Gasteiger partial charge in [0.2, 0.25) is 0 Å². The Morgan fingerprint density at radius 3 is 1.60 bits per heavy atom. The molecule has 0 aromatic heterocycles. The van der Waals surface area contributed by atoms with E-state index in [1.54, 1.807) is 0 Å². The predicted molar refractivity (Wildman–Crippen MR) is 33.0 cm³/mol. The third kappa shape index (κ3) is 0.760. The monoisotopic (exact) mass is 172 g/mol. The average Bonchev–Trinajstić information content (AvgIpc) is 2.19. The van der Waals surface area contributed by atoms with E-state index >= 15 is 0 Å². The van der Waals surface area contributed by atoms with Crippen molar-refractivity contribution < 1.29 is 13.2 Å². The first kappa shape index (κ1) is 8.18. The molecule has 0 aromatic carbocycles. The van der Waals surface area contributed by atoms with Crippen LogP contribution in [0.2, 0.25) is 0 Å². The van der Waals surface area contributed by atoms with E-state index < -0.39 is 22.9 Å². The maximum absolute atomic E-state index is 12.9. The standard InChI is InChI=1S/C6H8ClF3/c1-3-4(2)5(3,8)6(7,9)10/h3-4H,1-2H3/t3-,4-/m1/s1. The van der Waals surface area contributed by atoms with Crippen LogP contribution in [0.5, 0.6) is 0 Å². The highest BCUT2D eigenvalue weighted by Gasteiger charge is 2.74. The minimum Gasteiger partial charge on any atom is -0.235 e.